The lowest BCUT2D eigenvalue weighted by atomic mass is 9.93. The Labute approximate surface area is 136 Å². The Morgan fingerprint density at radius 2 is 1.87 bits per heavy atom. The summed E-state index contributed by atoms with van der Waals surface area (Å²) < 4.78 is 10.7. The molecule has 0 unspecified atom stereocenters. The van der Waals surface area contributed by atoms with Crippen molar-refractivity contribution >= 4 is 5.97 Å². The van der Waals surface area contributed by atoms with E-state index in [4.69, 9.17) is 9.47 Å². The van der Waals surface area contributed by atoms with E-state index in [1.165, 1.54) is 31.0 Å². The highest BCUT2D eigenvalue weighted by Gasteiger charge is 2.42. The monoisotopic (exact) mass is 311 g/mol. The van der Waals surface area contributed by atoms with Gasteiger partial charge in [0.15, 0.2) is 0 Å². The number of aromatic nitrogens is 1. The van der Waals surface area contributed by atoms with E-state index in [2.05, 4.69) is 24.0 Å². The summed E-state index contributed by atoms with van der Waals surface area (Å²) in [5.41, 5.74) is 2.21. The highest BCUT2D eigenvalue weighted by Crippen LogP contribution is 2.51. The summed E-state index contributed by atoms with van der Waals surface area (Å²) in [4.78, 5) is 15.7. The van der Waals surface area contributed by atoms with Crippen LogP contribution in [-0.2, 0) is 10.2 Å². The van der Waals surface area contributed by atoms with Crippen LogP contribution in [0.4, 0.5) is 0 Å². The molecule has 0 atom stereocenters. The first-order valence-corrected chi connectivity index (χ1v) is 8.08. The number of pyridine rings is 1. The van der Waals surface area contributed by atoms with Gasteiger partial charge in [-0.2, -0.15) is 0 Å². The molecule has 1 fully saturated rings. The van der Waals surface area contributed by atoms with Gasteiger partial charge in [-0.05, 0) is 55.4 Å². The maximum Gasteiger partial charge on any atom is 0.339 e. The van der Waals surface area contributed by atoms with Gasteiger partial charge in [0.05, 0.1) is 12.2 Å². The van der Waals surface area contributed by atoms with Crippen LogP contribution >= 0.6 is 0 Å². The molecule has 4 nitrogen and oxygen atoms in total. The standard InChI is InChI=1S/C19H21NO3/c1-3-19(11-12-19)15-6-8-16(9-7-15)23-17-10-5-14(13-20-17)18(21)22-4-2/h5-10,13H,3-4,11-12H2,1-2H3. The molecule has 0 saturated heterocycles. The normalized spacial score (nSPS) is 15.0. The number of carbonyl (C=O) groups excluding carboxylic acids is 1. The molecule has 4 heteroatoms. The lowest BCUT2D eigenvalue weighted by Gasteiger charge is -2.13. The minimum Gasteiger partial charge on any atom is -0.462 e. The van der Waals surface area contributed by atoms with Gasteiger partial charge in [-0.15, -0.1) is 0 Å². The van der Waals surface area contributed by atoms with Gasteiger partial charge < -0.3 is 9.47 Å². The zero-order valence-electron chi connectivity index (χ0n) is 13.5. The van der Waals surface area contributed by atoms with Gasteiger partial charge in [-0.25, -0.2) is 9.78 Å². The Bertz CT molecular complexity index is 673. The SMILES string of the molecule is CCOC(=O)c1ccc(Oc2ccc(C3(CC)CC3)cc2)nc1. The molecule has 1 aromatic carbocycles. The second-order valence-corrected chi connectivity index (χ2v) is 5.87. The molecule has 2 aromatic rings. The average Bonchev–Trinajstić information content (AvgIpc) is 3.38. The summed E-state index contributed by atoms with van der Waals surface area (Å²) in [6.45, 7) is 4.37. The van der Waals surface area contributed by atoms with E-state index in [0.717, 1.165) is 5.75 Å². The van der Waals surface area contributed by atoms with Crippen molar-refractivity contribution in [3.05, 3.63) is 53.7 Å². The Balaban J connectivity index is 1.66. The van der Waals surface area contributed by atoms with E-state index in [1.807, 2.05) is 12.1 Å². The highest BCUT2D eigenvalue weighted by molar-refractivity contribution is 5.89. The molecule has 1 aliphatic carbocycles. The van der Waals surface area contributed by atoms with Gasteiger partial charge in [-0.1, -0.05) is 19.1 Å². The first kappa shape index (κ1) is 15.5. The van der Waals surface area contributed by atoms with Crippen LogP contribution < -0.4 is 4.74 Å². The molecule has 0 bridgehead atoms. The van der Waals surface area contributed by atoms with Crippen LogP contribution in [0.5, 0.6) is 11.6 Å². The third-order valence-electron chi connectivity index (χ3n) is 4.47. The Morgan fingerprint density at radius 3 is 2.39 bits per heavy atom. The average molecular weight is 311 g/mol. The molecular weight excluding hydrogens is 290 g/mol. The summed E-state index contributed by atoms with van der Waals surface area (Å²) in [5, 5.41) is 0. The summed E-state index contributed by atoms with van der Waals surface area (Å²) in [7, 11) is 0. The molecule has 120 valence electrons. The van der Waals surface area contributed by atoms with Crippen molar-refractivity contribution in [2.75, 3.05) is 6.61 Å². The maximum atomic E-state index is 11.6. The van der Waals surface area contributed by atoms with E-state index in [1.54, 1.807) is 19.1 Å². The number of ether oxygens (including phenoxy) is 2. The zero-order valence-corrected chi connectivity index (χ0v) is 13.5. The van der Waals surface area contributed by atoms with Crippen molar-refractivity contribution < 1.29 is 14.3 Å². The van der Waals surface area contributed by atoms with Crippen LogP contribution in [0.2, 0.25) is 0 Å². The van der Waals surface area contributed by atoms with E-state index < -0.39 is 0 Å². The molecule has 1 heterocycles. The number of carbonyl (C=O) groups is 1. The van der Waals surface area contributed by atoms with Crippen LogP contribution in [-0.4, -0.2) is 17.6 Å². The number of nitrogens with zero attached hydrogens (tertiary/aromatic N) is 1. The Hall–Kier alpha value is -2.36. The minimum atomic E-state index is -0.370. The Morgan fingerprint density at radius 1 is 1.13 bits per heavy atom. The molecular formula is C19H21NO3. The molecule has 23 heavy (non-hydrogen) atoms. The van der Waals surface area contributed by atoms with Crippen molar-refractivity contribution in [1.29, 1.82) is 0 Å². The summed E-state index contributed by atoms with van der Waals surface area (Å²) in [5.74, 6) is 0.838. The fourth-order valence-corrected chi connectivity index (χ4v) is 2.77. The summed E-state index contributed by atoms with van der Waals surface area (Å²) in [6.07, 6.45) is 5.21. The molecule has 0 aliphatic heterocycles. The van der Waals surface area contributed by atoms with E-state index in [0.29, 0.717) is 23.5 Å². The molecule has 3 rings (SSSR count). The van der Waals surface area contributed by atoms with Crippen LogP contribution in [0.1, 0.15) is 49.0 Å². The molecule has 0 N–H and O–H groups in total. The van der Waals surface area contributed by atoms with Crippen molar-refractivity contribution in [3.63, 3.8) is 0 Å². The fraction of sp³-hybridized carbons (Fsp3) is 0.368. The third kappa shape index (κ3) is 3.36. The van der Waals surface area contributed by atoms with Crippen LogP contribution in [0.15, 0.2) is 42.6 Å². The first-order valence-electron chi connectivity index (χ1n) is 8.08. The lowest BCUT2D eigenvalue weighted by Crippen LogP contribution is -2.05. The van der Waals surface area contributed by atoms with Crippen LogP contribution in [0, 0.1) is 0 Å². The van der Waals surface area contributed by atoms with Crippen molar-refractivity contribution in [1.82, 2.24) is 4.98 Å². The smallest absolute Gasteiger partial charge is 0.339 e. The lowest BCUT2D eigenvalue weighted by molar-refractivity contribution is 0.0526. The number of hydrogen-bond donors (Lipinski definition) is 0. The van der Waals surface area contributed by atoms with Gasteiger partial charge in [0.2, 0.25) is 5.88 Å². The number of rotatable bonds is 6. The molecule has 0 radical (unpaired) electrons. The topological polar surface area (TPSA) is 48.4 Å². The fourth-order valence-electron chi connectivity index (χ4n) is 2.77. The quantitative estimate of drug-likeness (QED) is 0.737. The van der Waals surface area contributed by atoms with E-state index in [-0.39, 0.29) is 5.97 Å². The predicted octanol–water partition coefficient (Wildman–Crippen LogP) is 4.49. The summed E-state index contributed by atoms with van der Waals surface area (Å²) in [6, 6.07) is 11.6. The predicted molar refractivity (Wildman–Crippen MR) is 87.9 cm³/mol. The van der Waals surface area contributed by atoms with Gasteiger partial charge in [0.1, 0.15) is 5.75 Å². The second-order valence-electron chi connectivity index (χ2n) is 5.87. The number of hydrogen-bond acceptors (Lipinski definition) is 4. The van der Waals surface area contributed by atoms with Crippen molar-refractivity contribution in [2.45, 2.75) is 38.5 Å². The second kappa shape index (κ2) is 6.41. The third-order valence-corrected chi connectivity index (χ3v) is 4.47. The zero-order chi connectivity index (χ0) is 16.3. The van der Waals surface area contributed by atoms with Crippen LogP contribution in [0.3, 0.4) is 0 Å². The maximum absolute atomic E-state index is 11.6. The largest absolute Gasteiger partial charge is 0.462 e. The number of esters is 1. The first-order chi connectivity index (χ1) is 11.2. The van der Waals surface area contributed by atoms with E-state index in [9.17, 15) is 4.79 Å². The highest BCUT2D eigenvalue weighted by atomic mass is 16.5. The number of benzene rings is 1. The van der Waals surface area contributed by atoms with Gasteiger partial charge in [-0.3, -0.25) is 0 Å². The molecule has 1 saturated carbocycles. The van der Waals surface area contributed by atoms with Gasteiger partial charge in [0, 0.05) is 12.3 Å². The minimum absolute atomic E-state index is 0.350. The van der Waals surface area contributed by atoms with Gasteiger partial charge >= 0.3 is 5.97 Å². The van der Waals surface area contributed by atoms with Crippen molar-refractivity contribution in [3.8, 4) is 11.6 Å². The molecule has 0 spiro atoms. The van der Waals surface area contributed by atoms with Gasteiger partial charge in [0.25, 0.3) is 0 Å². The molecule has 0 amide bonds. The Kier molecular flexibility index (Phi) is 4.33. The molecule has 1 aliphatic rings. The molecule has 1 aromatic heterocycles. The van der Waals surface area contributed by atoms with Crippen LogP contribution in [0.25, 0.3) is 0 Å². The van der Waals surface area contributed by atoms with Crippen molar-refractivity contribution in [2.24, 2.45) is 0 Å². The van der Waals surface area contributed by atoms with E-state index >= 15 is 0 Å². The summed E-state index contributed by atoms with van der Waals surface area (Å²) >= 11 is 0.